The number of methoxy groups -OCH3 is 4. The van der Waals surface area contributed by atoms with Crippen molar-refractivity contribution in [3.63, 3.8) is 0 Å². The molecular weight excluding hydrogens is 284 g/mol. The first-order valence-electron chi connectivity index (χ1n) is 6.50. The molecule has 0 aliphatic heterocycles. The van der Waals surface area contributed by atoms with Crippen LogP contribution in [-0.4, -0.2) is 28.4 Å². The Morgan fingerprint density at radius 3 is 1.73 bits per heavy atom. The summed E-state index contributed by atoms with van der Waals surface area (Å²) in [4.78, 5) is 0. The van der Waals surface area contributed by atoms with E-state index in [4.69, 9.17) is 30.4 Å². The second-order valence-electron chi connectivity index (χ2n) is 4.22. The van der Waals surface area contributed by atoms with E-state index in [9.17, 15) is 0 Å². The highest BCUT2D eigenvalue weighted by atomic mass is 16.5. The lowest BCUT2D eigenvalue weighted by Gasteiger charge is -2.06. The van der Waals surface area contributed by atoms with Crippen LogP contribution in [0.25, 0.3) is 0 Å². The Morgan fingerprint density at radius 2 is 1.23 bits per heavy atom. The normalized spacial score (nSPS) is 9.27. The average Bonchev–Trinajstić information content (AvgIpc) is 2.55. The molecule has 120 valence electrons. The molecule has 2 aromatic rings. The molecule has 0 spiro atoms. The molecule has 0 radical (unpaired) electrons. The summed E-state index contributed by atoms with van der Waals surface area (Å²) in [6, 6.07) is 10.6. The molecule has 0 atom stereocenters. The van der Waals surface area contributed by atoms with Crippen molar-refractivity contribution in [1.29, 1.82) is 0 Å². The van der Waals surface area contributed by atoms with E-state index in [1.165, 1.54) is 0 Å². The van der Waals surface area contributed by atoms with Crippen molar-refractivity contribution < 1.29 is 18.9 Å². The van der Waals surface area contributed by atoms with Crippen LogP contribution in [0.5, 0.6) is 23.0 Å². The van der Waals surface area contributed by atoms with Gasteiger partial charge in [0.15, 0.2) is 11.5 Å². The maximum absolute atomic E-state index is 5.60. The number of ether oxygens (including phenoxy) is 4. The molecule has 2 rings (SSSR count). The molecule has 4 N–H and O–H groups in total. The van der Waals surface area contributed by atoms with E-state index in [1.807, 2.05) is 0 Å². The zero-order valence-electron chi connectivity index (χ0n) is 13.3. The van der Waals surface area contributed by atoms with Gasteiger partial charge in [-0.05, 0) is 24.3 Å². The third kappa shape index (κ3) is 4.66. The Hall–Kier alpha value is -2.76. The number of rotatable bonds is 4. The fourth-order valence-corrected chi connectivity index (χ4v) is 1.69. The molecule has 0 saturated carbocycles. The number of nitrogens with two attached hydrogens (primary N) is 2. The standard InChI is InChI=1S/2C8H11NO2/c1-10-6-3-4-8(11-2)7(9)5-6;1-10-7-4-3-6(9)5-8(7)11-2/h2*3-5H,9H2,1-2H3. The van der Waals surface area contributed by atoms with Crippen molar-refractivity contribution in [3.05, 3.63) is 36.4 Å². The molecule has 22 heavy (non-hydrogen) atoms. The van der Waals surface area contributed by atoms with Crippen molar-refractivity contribution in [2.24, 2.45) is 0 Å². The van der Waals surface area contributed by atoms with Crippen molar-refractivity contribution in [2.45, 2.75) is 0 Å². The minimum absolute atomic E-state index is 0.590. The van der Waals surface area contributed by atoms with E-state index in [0.29, 0.717) is 28.6 Å². The molecule has 0 bridgehead atoms. The molecule has 0 aromatic heterocycles. The van der Waals surface area contributed by atoms with Gasteiger partial charge in [0.1, 0.15) is 11.5 Å². The van der Waals surface area contributed by atoms with Crippen LogP contribution in [0.15, 0.2) is 36.4 Å². The second-order valence-corrected chi connectivity index (χ2v) is 4.22. The Balaban J connectivity index is 0.000000220. The summed E-state index contributed by atoms with van der Waals surface area (Å²) in [6.45, 7) is 0. The number of hydrogen-bond donors (Lipinski definition) is 2. The second kappa shape index (κ2) is 8.51. The molecule has 0 unspecified atom stereocenters. The zero-order valence-corrected chi connectivity index (χ0v) is 13.3. The van der Waals surface area contributed by atoms with E-state index in [0.717, 1.165) is 5.75 Å². The number of benzene rings is 2. The van der Waals surface area contributed by atoms with Crippen LogP contribution in [-0.2, 0) is 0 Å². The fourth-order valence-electron chi connectivity index (χ4n) is 1.69. The lowest BCUT2D eigenvalue weighted by atomic mass is 10.3. The number of nitrogen functional groups attached to an aromatic ring is 2. The van der Waals surface area contributed by atoms with Crippen molar-refractivity contribution in [1.82, 2.24) is 0 Å². The van der Waals surface area contributed by atoms with Gasteiger partial charge in [-0.2, -0.15) is 0 Å². The highest BCUT2D eigenvalue weighted by Gasteiger charge is 2.01. The molecule has 0 amide bonds. The Kier molecular flexibility index (Phi) is 6.69. The minimum atomic E-state index is 0.590. The smallest absolute Gasteiger partial charge is 0.162 e. The Labute approximate surface area is 130 Å². The van der Waals surface area contributed by atoms with Gasteiger partial charge in [0.05, 0.1) is 34.1 Å². The third-order valence-corrected chi connectivity index (χ3v) is 2.84. The molecule has 2 aromatic carbocycles. The van der Waals surface area contributed by atoms with Gasteiger partial charge in [0.25, 0.3) is 0 Å². The van der Waals surface area contributed by atoms with Gasteiger partial charge in [-0.1, -0.05) is 0 Å². The van der Waals surface area contributed by atoms with Crippen LogP contribution in [0.3, 0.4) is 0 Å². The topological polar surface area (TPSA) is 89.0 Å². The number of anilines is 2. The lowest BCUT2D eigenvalue weighted by molar-refractivity contribution is 0.355. The maximum Gasteiger partial charge on any atom is 0.162 e. The molecule has 0 saturated heterocycles. The van der Waals surface area contributed by atoms with Gasteiger partial charge in [-0.25, -0.2) is 0 Å². The predicted molar refractivity (Wildman–Crippen MR) is 87.9 cm³/mol. The van der Waals surface area contributed by atoms with E-state index in [1.54, 1.807) is 64.8 Å². The Morgan fingerprint density at radius 1 is 0.636 bits per heavy atom. The van der Waals surface area contributed by atoms with Gasteiger partial charge >= 0.3 is 0 Å². The molecule has 0 aliphatic rings. The van der Waals surface area contributed by atoms with Crippen LogP contribution in [0.4, 0.5) is 11.4 Å². The molecule has 0 aliphatic carbocycles. The van der Waals surface area contributed by atoms with E-state index >= 15 is 0 Å². The van der Waals surface area contributed by atoms with Gasteiger partial charge in [-0.3, -0.25) is 0 Å². The quantitative estimate of drug-likeness (QED) is 0.844. The van der Waals surface area contributed by atoms with Gasteiger partial charge in [0, 0.05) is 17.8 Å². The third-order valence-electron chi connectivity index (χ3n) is 2.84. The van der Waals surface area contributed by atoms with Gasteiger partial charge < -0.3 is 30.4 Å². The van der Waals surface area contributed by atoms with Crippen molar-refractivity contribution in [2.75, 3.05) is 39.9 Å². The summed E-state index contributed by atoms with van der Waals surface area (Å²) < 4.78 is 19.9. The van der Waals surface area contributed by atoms with Crippen LogP contribution in [0, 0.1) is 0 Å². The highest BCUT2D eigenvalue weighted by Crippen LogP contribution is 2.28. The molecular formula is C16H22N2O4. The van der Waals surface area contributed by atoms with Crippen LogP contribution in [0.2, 0.25) is 0 Å². The highest BCUT2D eigenvalue weighted by molar-refractivity contribution is 5.56. The minimum Gasteiger partial charge on any atom is -0.497 e. The summed E-state index contributed by atoms with van der Waals surface area (Å²) in [6.07, 6.45) is 0. The molecule has 6 nitrogen and oxygen atoms in total. The van der Waals surface area contributed by atoms with E-state index in [-0.39, 0.29) is 0 Å². The largest absolute Gasteiger partial charge is 0.497 e. The summed E-state index contributed by atoms with van der Waals surface area (Å²) in [5.41, 5.74) is 12.4. The first-order valence-corrected chi connectivity index (χ1v) is 6.50. The van der Waals surface area contributed by atoms with Crippen LogP contribution >= 0.6 is 0 Å². The summed E-state index contributed by atoms with van der Waals surface area (Å²) >= 11 is 0. The van der Waals surface area contributed by atoms with Crippen molar-refractivity contribution >= 4 is 11.4 Å². The molecule has 6 heteroatoms. The van der Waals surface area contributed by atoms with E-state index in [2.05, 4.69) is 0 Å². The summed E-state index contributed by atoms with van der Waals surface area (Å²) in [5, 5.41) is 0. The predicted octanol–water partition coefficient (Wildman–Crippen LogP) is 2.57. The first kappa shape index (κ1) is 17.3. The summed E-state index contributed by atoms with van der Waals surface area (Å²) in [7, 11) is 6.35. The summed E-state index contributed by atoms with van der Waals surface area (Å²) in [5.74, 6) is 2.77. The lowest BCUT2D eigenvalue weighted by Crippen LogP contribution is -1.92. The molecule has 0 heterocycles. The van der Waals surface area contributed by atoms with Gasteiger partial charge in [-0.15, -0.1) is 0 Å². The van der Waals surface area contributed by atoms with E-state index < -0.39 is 0 Å². The van der Waals surface area contributed by atoms with Gasteiger partial charge in [0.2, 0.25) is 0 Å². The first-order chi connectivity index (χ1) is 10.5. The number of hydrogen-bond acceptors (Lipinski definition) is 6. The van der Waals surface area contributed by atoms with Crippen LogP contribution in [0.1, 0.15) is 0 Å². The maximum atomic E-state index is 5.60. The van der Waals surface area contributed by atoms with Crippen molar-refractivity contribution in [3.8, 4) is 23.0 Å². The van der Waals surface area contributed by atoms with Crippen LogP contribution < -0.4 is 30.4 Å². The molecule has 0 fully saturated rings. The zero-order chi connectivity index (χ0) is 16.5. The average molecular weight is 306 g/mol. The SMILES string of the molecule is COc1ccc(N)cc1OC.COc1ccc(OC)c(N)c1. The Bertz CT molecular complexity index is 603. The fraction of sp³-hybridized carbons (Fsp3) is 0.250. The monoisotopic (exact) mass is 306 g/mol.